The van der Waals surface area contributed by atoms with E-state index in [-0.39, 0.29) is 22.3 Å². The summed E-state index contributed by atoms with van der Waals surface area (Å²) in [4.78, 5) is 11.7. The van der Waals surface area contributed by atoms with Gasteiger partial charge in [0.25, 0.3) is 0 Å². The second-order valence-electron chi connectivity index (χ2n) is 4.75. The lowest BCUT2D eigenvalue weighted by molar-refractivity contribution is -0.135. The van der Waals surface area contributed by atoms with Gasteiger partial charge in [-0.25, -0.2) is 10.9 Å². The Balaban J connectivity index is 1.65. The third-order valence-corrected chi connectivity index (χ3v) is 7.25. The van der Waals surface area contributed by atoms with Crippen molar-refractivity contribution in [2.24, 2.45) is 0 Å². The summed E-state index contributed by atoms with van der Waals surface area (Å²) in [5.74, 6) is 1.34. The number of benzene rings is 1. The summed E-state index contributed by atoms with van der Waals surface area (Å²) < 4.78 is 5.85. The average molecular weight is 344 g/mol. The lowest BCUT2D eigenvalue weighted by Crippen LogP contribution is -2.31. The molecule has 0 spiro atoms. The number of aromatic hydroxyl groups is 1. The van der Waals surface area contributed by atoms with Crippen LogP contribution in [0.1, 0.15) is 17.9 Å². The van der Waals surface area contributed by atoms with Gasteiger partial charge in [-0.1, -0.05) is 17.8 Å². The Kier molecular flexibility index (Phi) is 4.90. The van der Waals surface area contributed by atoms with Gasteiger partial charge in [0, 0.05) is 17.7 Å². The second kappa shape index (κ2) is 6.70. The first kappa shape index (κ1) is 15.4. The van der Waals surface area contributed by atoms with Gasteiger partial charge in [-0.15, -0.1) is 23.5 Å². The van der Waals surface area contributed by atoms with Crippen molar-refractivity contribution in [1.82, 2.24) is 10.9 Å². The maximum absolute atomic E-state index is 11.7. The molecule has 0 amide bonds. The SMILES string of the molecule is CSC1NNC(SCC2CC(=O)Oc3cc(O)ccc32)S1. The van der Waals surface area contributed by atoms with Gasteiger partial charge in [-0.05, 0) is 17.9 Å². The molecule has 0 radical (unpaired) electrons. The van der Waals surface area contributed by atoms with Crippen LogP contribution in [0.2, 0.25) is 0 Å². The van der Waals surface area contributed by atoms with E-state index >= 15 is 0 Å². The molecular formula is C13H16N2O3S3. The van der Waals surface area contributed by atoms with Crippen LogP contribution in [0, 0.1) is 0 Å². The number of hydrazine groups is 1. The number of nitrogens with one attached hydrogen (secondary N) is 2. The smallest absolute Gasteiger partial charge is 0.311 e. The van der Waals surface area contributed by atoms with Crippen molar-refractivity contribution in [3.63, 3.8) is 0 Å². The zero-order chi connectivity index (χ0) is 14.8. The van der Waals surface area contributed by atoms with Crippen LogP contribution >= 0.6 is 35.3 Å². The normalized spacial score (nSPS) is 28.2. The third kappa shape index (κ3) is 3.62. The number of hydrogen-bond acceptors (Lipinski definition) is 8. The van der Waals surface area contributed by atoms with E-state index < -0.39 is 0 Å². The van der Waals surface area contributed by atoms with Crippen LogP contribution in [0.5, 0.6) is 11.5 Å². The topological polar surface area (TPSA) is 70.6 Å². The number of esters is 1. The molecule has 0 bridgehead atoms. The molecule has 1 aromatic rings. The van der Waals surface area contributed by atoms with Crippen LogP contribution in [0.15, 0.2) is 18.2 Å². The molecule has 5 nitrogen and oxygen atoms in total. The van der Waals surface area contributed by atoms with Crippen LogP contribution in [0.3, 0.4) is 0 Å². The maximum atomic E-state index is 11.7. The minimum Gasteiger partial charge on any atom is -0.508 e. The van der Waals surface area contributed by atoms with Crippen LogP contribution in [-0.2, 0) is 4.79 Å². The summed E-state index contributed by atoms with van der Waals surface area (Å²) in [5.41, 5.74) is 7.45. The molecule has 0 aliphatic carbocycles. The quantitative estimate of drug-likeness (QED) is 0.568. The number of carbonyl (C=O) groups excluding carboxylic acids is 1. The average Bonchev–Trinajstić information content (AvgIpc) is 2.92. The van der Waals surface area contributed by atoms with Gasteiger partial charge >= 0.3 is 5.97 Å². The van der Waals surface area contributed by atoms with Crippen LogP contribution in [-0.4, -0.2) is 32.5 Å². The van der Waals surface area contributed by atoms with E-state index in [1.165, 1.54) is 6.07 Å². The highest BCUT2D eigenvalue weighted by Gasteiger charge is 2.30. The summed E-state index contributed by atoms with van der Waals surface area (Å²) in [6.07, 6.45) is 2.46. The monoisotopic (exact) mass is 344 g/mol. The highest BCUT2D eigenvalue weighted by Crippen LogP contribution is 2.41. The molecular weight excluding hydrogens is 328 g/mol. The van der Waals surface area contributed by atoms with Crippen molar-refractivity contribution >= 4 is 41.3 Å². The molecule has 114 valence electrons. The van der Waals surface area contributed by atoms with E-state index in [0.717, 1.165) is 11.3 Å². The maximum Gasteiger partial charge on any atom is 0.311 e. The molecule has 0 aromatic heterocycles. The number of fused-ring (bicyclic) bond motifs is 1. The molecule has 8 heteroatoms. The van der Waals surface area contributed by atoms with E-state index in [1.807, 2.05) is 17.8 Å². The fourth-order valence-electron chi connectivity index (χ4n) is 2.29. The first-order valence-corrected chi connectivity index (χ1v) is 9.78. The van der Waals surface area contributed by atoms with Gasteiger partial charge in [-0.2, -0.15) is 0 Å². The van der Waals surface area contributed by atoms with Gasteiger partial charge in [0.15, 0.2) is 0 Å². The zero-order valence-electron chi connectivity index (χ0n) is 11.4. The van der Waals surface area contributed by atoms with Gasteiger partial charge in [0.1, 0.15) is 20.9 Å². The standard InChI is InChI=1S/C13H16N2O3S3/c1-19-12-14-15-13(21-12)20-6-7-4-11(17)18-10-5-8(16)2-3-9(7)10/h2-3,5,7,12-16H,4,6H2,1H3. The van der Waals surface area contributed by atoms with Crippen LogP contribution in [0.4, 0.5) is 0 Å². The molecule has 1 aromatic carbocycles. The highest BCUT2D eigenvalue weighted by atomic mass is 32.2. The molecule has 0 saturated carbocycles. The number of thioether (sulfide) groups is 3. The Morgan fingerprint density at radius 1 is 1.43 bits per heavy atom. The first-order valence-electron chi connectivity index (χ1n) is 6.50. The van der Waals surface area contributed by atoms with E-state index in [9.17, 15) is 9.90 Å². The van der Waals surface area contributed by atoms with Gasteiger partial charge in [0.05, 0.1) is 6.42 Å². The van der Waals surface area contributed by atoms with Crippen molar-refractivity contribution in [1.29, 1.82) is 0 Å². The minimum absolute atomic E-state index is 0.120. The molecule has 2 aliphatic heterocycles. The fraction of sp³-hybridized carbons (Fsp3) is 0.462. The number of phenols is 1. The molecule has 21 heavy (non-hydrogen) atoms. The molecule has 3 atom stereocenters. The minimum atomic E-state index is -0.231. The van der Waals surface area contributed by atoms with Crippen molar-refractivity contribution in [3.05, 3.63) is 23.8 Å². The Morgan fingerprint density at radius 2 is 2.24 bits per heavy atom. The molecule has 2 heterocycles. The Hall–Kier alpha value is -0.540. The predicted octanol–water partition coefficient (Wildman–Crippen LogP) is 2.29. The van der Waals surface area contributed by atoms with Crippen LogP contribution < -0.4 is 15.6 Å². The number of carbonyl (C=O) groups is 1. The van der Waals surface area contributed by atoms with Gasteiger partial charge in [-0.3, -0.25) is 4.79 Å². The number of phenolic OH excluding ortho intramolecular Hbond substituents is 1. The van der Waals surface area contributed by atoms with Gasteiger partial charge in [0.2, 0.25) is 0 Å². The van der Waals surface area contributed by atoms with Crippen LogP contribution in [0.25, 0.3) is 0 Å². The summed E-state index contributed by atoms with van der Waals surface area (Å²) in [6.45, 7) is 0. The molecule has 3 unspecified atom stereocenters. The summed E-state index contributed by atoms with van der Waals surface area (Å²) in [5, 5.41) is 9.50. The molecule has 3 rings (SSSR count). The Labute approximate surface area is 135 Å². The number of rotatable bonds is 4. The van der Waals surface area contributed by atoms with Gasteiger partial charge < -0.3 is 9.84 Å². The second-order valence-corrected chi connectivity index (χ2v) is 8.65. The molecule has 2 aliphatic rings. The number of ether oxygens (including phenoxy) is 1. The predicted molar refractivity (Wildman–Crippen MR) is 88.5 cm³/mol. The molecule has 3 N–H and O–H groups in total. The van der Waals surface area contributed by atoms with Crippen molar-refractivity contribution in [2.75, 3.05) is 12.0 Å². The summed E-state index contributed by atoms with van der Waals surface area (Å²) >= 11 is 5.38. The highest BCUT2D eigenvalue weighted by molar-refractivity contribution is 8.24. The third-order valence-electron chi connectivity index (χ3n) is 3.30. The molecule has 1 saturated heterocycles. The Morgan fingerprint density at radius 3 is 3.00 bits per heavy atom. The van der Waals surface area contributed by atoms with E-state index in [0.29, 0.717) is 16.9 Å². The van der Waals surface area contributed by atoms with Crippen molar-refractivity contribution in [2.45, 2.75) is 21.8 Å². The zero-order valence-corrected chi connectivity index (χ0v) is 13.8. The number of hydrogen-bond donors (Lipinski definition) is 3. The summed E-state index contributed by atoms with van der Waals surface area (Å²) in [7, 11) is 0. The lowest BCUT2D eigenvalue weighted by atomic mass is 9.94. The largest absolute Gasteiger partial charge is 0.508 e. The first-order chi connectivity index (χ1) is 10.2. The van der Waals surface area contributed by atoms with Crippen molar-refractivity contribution < 1.29 is 14.6 Å². The van der Waals surface area contributed by atoms with E-state index in [4.69, 9.17) is 4.74 Å². The Bertz CT molecular complexity index is 543. The summed E-state index contributed by atoms with van der Waals surface area (Å²) in [6, 6.07) is 5.00. The lowest BCUT2D eigenvalue weighted by Gasteiger charge is -2.25. The fourth-order valence-corrected chi connectivity index (χ4v) is 5.70. The van der Waals surface area contributed by atoms with Crippen molar-refractivity contribution in [3.8, 4) is 11.5 Å². The molecule has 1 fully saturated rings. The van der Waals surface area contributed by atoms with E-state index in [2.05, 4.69) is 17.1 Å². The van der Waals surface area contributed by atoms with E-state index in [1.54, 1.807) is 29.6 Å².